The number of hydrogen-bond donors (Lipinski definition) is 2. The van der Waals surface area contributed by atoms with Crippen LogP contribution in [0.5, 0.6) is 0 Å². The van der Waals surface area contributed by atoms with Gasteiger partial charge in [-0.15, -0.1) is 0 Å². The lowest BCUT2D eigenvalue weighted by molar-refractivity contribution is 0.164. The lowest BCUT2D eigenvalue weighted by Crippen LogP contribution is -2.42. The molecule has 0 aliphatic carbocycles. The van der Waals surface area contributed by atoms with Gasteiger partial charge < -0.3 is 10.4 Å². The summed E-state index contributed by atoms with van der Waals surface area (Å²) < 4.78 is 0. The van der Waals surface area contributed by atoms with Gasteiger partial charge in [0.25, 0.3) is 0 Å². The second kappa shape index (κ2) is 10.6. The zero-order chi connectivity index (χ0) is 16.4. The Morgan fingerprint density at radius 3 is 2.32 bits per heavy atom. The van der Waals surface area contributed by atoms with Crippen LogP contribution in [0.3, 0.4) is 0 Å². The molecule has 2 atom stereocenters. The topological polar surface area (TPSA) is 32.3 Å². The molecule has 0 heterocycles. The summed E-state index contributed by atoms with van der Waals surface area (Å²) in [4.78, 5) is 0. The van der Waals surface area contributed by atoms with E-state index in [0.717, 1.165) is 18.4 Å². The molecule has 0 bridgehead atoms. The van der Waals surface area contributed by atoms with Gasteiger partial charge in [-0.25, -0.2) is 0 Å². The second-order valence-corrected chi connectivity index (χ2v) is 6.38. The van der Waals surface area contributed by atoms with Crippen molar-refractivity contribution in [2.24, 2.45) is 0 Å². The highest BCUT2D eigenvalue weighted by atomic mass is 16.3. The number of unbranched alkanes of at least 4 members (excludes halogenated alkanes) is 2. The first-order valence-corrected chi connectivity index (χ1v) is 8.78. The number of benzene rings is 1. The first kappa shape index (κ1) is 18.9. The maximum absolute atomic E-state index is 10.3. The molecule has 1 aromatic carbocycles. The van der Waals surface area contributed by atoms with Crippen molar-refractivity contribution < 1.29 is 5.11 Å². The van der Waals surface area contributed by atoms with Crippen LogP contribution < -0.4 is 5.32 Å². The summed E-state index contributed by atoms with van der Waals surface area (Å²) in [6.07, 6.45) is 9.38. The summed E-state index contributed by atoms with van der Waals surface area (Å²) in [5.41, 5.74) is 2.55. The molecule has 0 aliphatic heterocycles. The van der Waals surface area contributed by atoms with Crippen LogP contribution in [0.15, 0.2) is 30.3 Å². The van der Waals surface area contributed by atoms with E-state index in [-0.39, 0.29) is 6.04 Å². The first-order chi connectivity index (χ1) is 10.6. The highest BCUT2D eigenvalue weighted by molar-refractivity contribution is 5.50. The minimum Gasteiger partial charge on any atom is -0.387 e. The Balaban J connectivity index is 2.54. The van der Waals surface area contributed by atoms with Crippen molar-refractivity contribution in [2.45, 2.75) is 78.0 Å². The maximum atomic E-state index is 10.3. The van der Waals surface area contributed by atoms with E-state index < -0.39 is 6.10 Å². The van der Waals surface area contributed by atoms with Gasteiger partial charge in [0.05, 0.1) is 6.10 Å². The van der Waals surface area contributed by atoms with Crippen molar-refractivity contribution in [3.05, 3.63) is 41.5 Å². The van der Waals surface area contributed by atoms with E-state index in [1.165, 1.54) is 24.8 Å². The Morgan fingerprint density at radius 1 is 1.09 bits per heavy atom. The minimum atomic E-state index is -0.448. The monoisotopic (exact) mass is 303 g/mol. The van der Waals surface area contributed by atoms with Crippen LogP contribution in [0.25, 0.3) is 6.08 Å². The van der Waals surface area contributed by atoms with Gasteiger partial charge in [-0.2, -0.15) is 0 Å². The van der Waals surface area contributed by atoms with E-state index in [0.29, 0.717) is 6.04 Å². The fraction of sp³-hybridized carbons (Fsp3) is 0.600. The molecule has 0 unspecified atom stereocenters. The predicted molar refractivity (Wildman–Crippen MR) is 97.1 cm³/mol. The lowest BCUT2D eigenvalue weighted by Gasteiger charge is -2.23. The van der Waals surface area contributed by atoms with Crippen molar-refractivity contribution in [1.82, 2.24) is 5.32 Å². The van der Waals surface area contributed by atoms with Crippen LogP contribution in [0.4, 0.5) is 0 Å². The SMILES string of the molecule is CCCCCc1ccc(/C=C/[C@H](O)[C@@H](CC)NC(C)C)cc1. The van der Waals surface area contributed by atoms with Gasteiger partial charge in [0.15, 0.2) is 0 Å². The first-order valence-electron chi connectivity index (χ1n) is 8.78. The minimum absolute atomic E-state index is 0.115. The summed E-state index contributed by atoms with van der Waals surface area (Å²) in [6.45, 7) is 8.55. The van der Waals surface area contributed by atoms with E-state index in [1.54, 1.807) is 0 Å². The van der Waals surface area contributed by atoms with Crippen LogP contribution in [0.2, 0.25) is 0 Å². The molecule has 2 heteroatoms. The van der Waals surface area contributed by atoms with Gasteiger partial charge in [0.2, 0.25) is 0 Å². The molecule has 0 spiro atoms. The van der Waals surface area contributed by atoms with Gasteiger partial charge in [-0.1, -0.05) is 77.0 Å². The van der Waals surface area contributed by atoms with Gasteiger partial charge in [0, 0.05) is 12.1 Å². The molecule has 0 saturated heterocycles. The van der Waals surface area contributed by atoms with Crippen LogP contribution in [0, 0.1) is 0 Å². The molecule has 22 heavy (non-hydrogen) atoms. The van der Waals surface area contributed by atoms with Crippen molar-refractivity contribution in [3.8, 4) is 0 Å². The van der Waals surface area contributed by atoms with Gasteiger partial charge in [-0.05, 0) is 30.4 Å². The molecular formula is C20H33NO. The highest BCUT2D eigenvalue weighted by Crippen LogP contribution is 2.11. The molecule has 124 valence electrons. The molecular weight excluding hydrogens is 270 g/mol. The van der Waals surface area contributed by atoms with Crippen LogP contribution in [-0.2, 0) is 6.42 Å². The summed E-state index contributed by atoms with van der Waals surface area (Å²) in [7, 11) is 0. The number of rotatable bonds is 10. The number of nitrogens with one attached hydrogen (secondary N) is 1. The summed E-state index contributed by atoms with van der Waals surface area (Å²) in [5.74, 6) is 0. The third-order valence-electron chi connectivity index (χ3n) is 3.93. The normalized spacial score (nSPS) is 14.6. The van der Waals surface area contributed by atoms with Gasteiger partial charge in [0.1, 0.15) is 0 Å². The molecule has 1 aromatic rings. The Bertz CT molecular complexity index is 422. The summed E-state index contributed by atoms with van der Waals surface area (Å²) >= 11 is 0. The summed E-state index contributed by atoms with van der Waals surface area (Å²) in [5, 5.41) is 13.7. The molecule has 0 saturated carbocycles. The third-order valence-corrected chi connectivity index (χ3v) is 3.93. The van der Waals surface area contributed by atoms with E-state index in [9.17, 15) is 5.11 Å². The van der Waals surface area contributed by atoms with Gasteiger partial charge >= 0.3 is 0 Å². The standard InChI is InChI=1S/C20H33NO/c1-5-7-8-9-17-10-12-18(13-11-17)14-15-20(22)19(6-2)21-16(3)4/h10-16,19-22H,5-9H2,1-4H3/b15-14+/t19-,20+/m1/s1. The molecule has 0 radical (unpaired) electrons. The van der Waals surface area contributed by atoms with Crippen LogP contribution >= 0.6 is 0 Å². The number of aliphatic hydroxyl groups is 1. The number of aliphatic hydroxyl groups excluding tert-OH is 1. The molecule has 0 aliphatic rings. The number of aryl methyl sites for hydroxylation is 1. The average Bonchev–Trinajstić information content (AvgIpc) is 2.51. The fourth-order valence-electron chi connectivity index (χ4n) is 2.60. The van der Waals surface area contributed by atoms with Gasteiger partial charge in [-0.3, -0.25) is 0 Å². The fourth-order valence-corrected chi connectivity index (χ4v) is 2.60. The second-order valence-electron chi connectivity index (χ2n) is 6.38. The maximum Gasteiger partial charge on any atom is 0.0877 e. The molecule has 1 rings (SSSR count). The van der Waals surface area contributed by atoms with Crippen LogP contribution in [0.1, 0.15) is 64.5 Å². The molecule has 2 N–H and O–H groups in total. The Hall–Kier alpha value is -1.12. The number of hydrogen-bond acceptors (Lipinski definition) is 2. The largest absolute Gasteiger partial charge is 0.387 e. The highest BCUT2D eigenvalue weighted by Gasteiger charge is 2.14. The summed E-state index contributed by atoms with van der Waals surface area (Å²) in [6, 6.07) is 9.18. The third kappa shape index (κ3) is 7.24. The Labute approximate surface area is 136 Å². The molecule has 0 aromatic heterocycles. The lowest BCUT2D eigenvalue weighted by atomic mass is 10.0. The van der Waals surface area contributed by atoms with Crippen LogP contribution in [-0.4, -0.2) is 23.3 Å². The van der Waals surface area contributed by atoms with Crippen molar-refractivity contribution in [1.29, 1.82) is 0 Å². The zero-order valence-electron chi connectivity index (χ0n) is 14.7. The van der Waals surface area contributed by atoms with E-state index >= 15 is 0 Å². The van der Waals surface area contributed by atoms with E-state index in [1.807, 2.05) is 12.2 Å². The predicted octanol–water partition coefficient (Wildman–Crippen LogP) is 4.57. The Morgan fingerprint density at radius 2 is 1.77 bits per heavy atom. The van der Waals surface area contributed by atoms with E-state index in [2.05, 4.69) is 57.3 Å². The zero-order valence-corrected chi connectivity index (χ0v) is 14.7. The molecule has 0 amide bonds. The Kier molecular flexibility index (Phi) is 9.10. The average molecular weight is 303 g/mol. The molecule has 2 nitrogen and oxygen atoms in total. The smallest absolute Gasteiger partial charge is 0.0877 e. The quantitative estimate of drug-likeness (QED) is 0.621. The molecule has 0 fully saturated rings. The van der Waals surface area contributed by atoms with E-state index in [4.69, 9.17) is 0 Å². The van der Waals surface area contributed by atoms with Crippen molar-refractivity contribution >= 4 is 6.08 Å². The van der Waals surface area contributed by atoms with Crippen molar-refractivity contribution in [2.75, 3.05) is 0 Å². The van der Waals surface area contributed by atoms with Crippen molar-refractivity contribution in [3.63, 3.8) is 0 Å².